The zero-order valence-electron chi connectivity index (χ0n) is 58.6. The average Bonchev–Trinajstić information content (AvgIpc) is 0.911. The van der Waals surface area contributed by atoms with Gasteiger partial charge in [0.15, 0.2) is 0 Å². The molecule has 101 heavy (non-hydrogen) atoms. The van der Waals surface area contributed by atoms with Gasteiger partial charge in [0, 0.05) is 200 Å². The summed E-state index contributed by atoms with van der Waals surface area (Å²) in [5, 5.41) is 20.2. The second-order valence-corrected chi connectivity index (χ2v) is 35.0. The summed E-state index contributed by atoms with van der Waals surface area (Å²) < 4.78 is 42.8. The van der Waals surface area contributed by atoms with Crippen molar-refractivity contribution in [3.63, 3.8) is 0 Å². The maximum atomic E-state index is 13.5. The lowest BCUT2D eigenvalue weighted by Crippen LogP contribution is -2.52. The largest absolute Gasteiger partial charge is 0.495 e. The molecule has 0 spiro atoms. The van der Waals surface area contributed by atoms with Gasteiger partial charge in [-0.25, -0.2) is 9.97 Å². The molecule has 4 aliphatic rings. The number of nitrogen functional groups attached to an aromatic ring is 1. The minimum absolute atomic E-state index is 0.119. The fourth-order valence-electron chi connectivity index (χ4n) is 13.7. The molecule has 0 atom stereocenters. The minimum atomic E-state index is -2.76. The fraction of sp³-hybridized carbons (Fsp3) is 0.400. The number of nitrogens with zero attached hydrogens (tertiary/aromatic N) is 18. The maximum absolute atomic E-state index is 13.5. The molecule has 6 aromatic heterocycles. The summed E-state index contributed by atoms with van der Waals surface area (Å²) in [6.07, 6.45) is 22.2. The molecule has 10 heterocycles. The molecule has 4 fully saturated rings. The van der Waals surface area contributed by atoms with Gasteiger partial charge in [-0.05, 0) is 146 Å². The van der Waals surface area contributed by atoms with E-state index < -0.39 is 14.3 Å². The van der Waals surface area contributed by atoms with E-state index in [0.717, 1.165) is 105 Å². The van der Waals surface area contributed by atoms with Crippen LogP contribution in [0.2, 0.25) is 5.28 Å². The fourth-order valence-corrected chi connectivity index (χ4v) is 17.2. The van der Waals surface area contributed by atoms with Gasteiger partial charge in [-0.3, -0.25) is 39.1 Å². The van der Waals surface area contributed by atoms with E-state index in [4.69, 9.17) is 31.8 Å². The number of piperazine rings is 2. The van der Waals surface area contributed by atoms with Gasteiger partial charge in [0.05, 0.1) is 80.0 Å². The van der Waals surface area contributed by atoms with E-state index in [1.807, 2.05) is 78.6 Å². The predicted molar refractivity (Wildman–Crippen MR) is 415 cm³/mol. The highest BCUT2D eigenvalue weighted by molar-refractivity contribution is 9.11. The Labute approximate surface area is 611 Å². The van der Waals surface area contributed by atoms with Crippen LogP contribution in [0.25, 0.3) is 44.3 Å². The lowest BCUT2D eigenvalue weighted by atomic mass is 9.98. The first-order valence-electron chi connectivity index (χ1n) is 33.6. The number of ether oxygens (including phenoxy) is 2. The summed E-state index contributed by atoms with van der Waals surface area (Å²) in [5.41, 5.74) is 18.1. The molecule has 4 aliphatic heterocycles. The highest BCUT2D eigenvalue weighted by Crippen LogP contribution is 2.46. The van der Waals surface area contributed by atoms with Crippen LogP contribution in [0.1, 0.15) is 25.7 Å². The lowest BCUT2D eigenvalue weighted by molar-refractivity contribution is 0.0982. The van der Waals surface area contributed by atoms with Crippen molar-refractivity contribution in [2.75, 3.05) is 165 Å². The zero-order chi connectivity index (χ0) is 71.3. The van der Waals surface area contributed by atoms with E-state index in [9.17, 15) is 9.13 Å². The second-order valence-electron chi connectivity index (χ2n) is 26.7. The SMILES string of the molecule is COc1cc(N2CCC(N3CCN(C)CC3)CC2)c(-c2cnn(C)c2)cc1N.COc1cc(N2CCC(N3CCN(C)CC3)CC2)c(-c2cnn(C)c2)cc1Nc1ncc(Br)c(Nc2ccc3nccnc3c2P(C)(C)=O)n1.CP(C)(=O)c1c(Nc2nc(Cl)ncc2Br)ccc2nccnc12. The van der Waals surface area contributed by atoms with Crippen LogP contribution in [0.3, 0.4) is 0 Å². The van der Waals surface area contributed by atoms with E-state index in [1.165, 1.54) is 44.7 Å². The quantitative estimate of drug-likeness (QED) is 0.0397. The minimum Gasteiger partial charge on any atom is -0.495 e. The Morgan fingerprint density at radius 3 is 1.40 bits per heavy atom. The van der Waals surface area contributed by atoms with Crippen LogP contribution in [-0.2, 0) is 23.2 Å². The van der Waals surface area contributed by atoms with E-state index in [1.54, 1.807) is 78.1 Å². The third-order valence-electron chi connectivity index (χ3n) is 18.9. The highest BCUT2D eigenvalue weighted by Gasteiger charge is 2.32. The molecule has 4 saturated heterocycles. The van der Waals surface area contributed by atoms with Crippen LogP contribution in [-0.4, -0.2) is 225 Å². The van der Waals surface area contributed by atoms with Gasteiger partial charge in [0.1, 0.15) is 48.5 Å². The number of anilines is 9. The number of fused-ring (bicyclic) bond motifs is 2. The van der Waals surface area contributed by atoms with Gasteiger partial charge in [-0.2, -0.15) is 20.2 Å². The highest BCUT2D eigenvalue weighted by atomic mass is 79.9. The van der Waals surface area contributed by atoms with Crippen LogP contribution >= 0.6 is 57.7 Å². The Morgan fingerprint density at radius 2 is 0.950 bits per heavy atom. The third kappa shape index (κ3) is 17.3. The summed E-state index contributed by atoms with van der Waals surface area (Å²) in [5.74, 6) is 2.78. The van der Waals surface area contributed by atoms with Crippen LogP contribution in [0.15, 0.2) is 119 Å². The average molecular weight is 1560 g/mol. The first-order valence-corrected chi connectivity index (χ1v) is 40.8. The first-order chi connectivity index (χ1) is 48.5. The normalized spacial score (nSPS) is 16.4. The van der Waals surface area contributed by atoms with Crippen molar-refractivity contribution in [3.8, 4) is 33.8 Å². The van der Waals surface area contributed by atoms with Gasteiger partial charge in [-0.1, -0.05) is 0 Å². The molecule has 4 aromatic carbocycles. The monoisotopic (exact) mass is 1550 g/mol. The molecule has 0 radical (unpaired) electrons. The number of aromatic nitrogens is 12. The van der Waals surface area contributed by atoms with Gasteiger partial charge in [-0.15, -0.1) is 0 Å². The van der Waals surface area contributed by atoms with Gasteiger partial charge in [0.2, 0.25) is 11.2 Å². The Hall–Kier alpha value is -7.91. The molecular weight excluding hydrogens is 1470 g/mol. The number of halogens is 3. The Balaban J connectivity index is 0.000000159. The van der Waals surface area contributed by atoms with Crippen molar-refractivity contribution in [2.45, 2.75) is 37.8 Å². The summed E-state index contributed by atoms with van der Waals surface area (Å²) in [4.78, 5) is 50.1. The van der Waals surface area contributed by atoms with Gasteiger partial charge >= 0.3 is 0 Å². The molecule has 14 rings (SSSR count). The van der Waals surface area contributed by atoms with Crippen LogP contribution in [0.5, 0.6) is 11.5 Å². The molecule has 26 nitrogen and oxygen atoms in total. The first kappa shape index (κ1) is 72.9. The maximum Gasteiger partial charge on any atom is 0.229 e. The number of likely N-dealkylation sites (N-methyl/N-ethyl adjacent to an activating group) is 2. The number of benzene rings is 4. The lowest BCUT2D eigenvalue weighted by Gasteiger charge is -2.43. The number of nitrogens with one attached hydrogen (secondary N) is 3. The summed E-state index contributed by atoms with van der Waals surface area (Å²) in [7, 11) is 6.27. The Kier molecular flexibility index (Phi) is 22.9. The molecule has 31 heteroatoms. The number of hydrogen-bond acceptors (Lipinski definition) is 24. The molecule has 5 N–H and O–H groups in total. The summed E-state index contributed by atoms with van der Waals surface area (Å²) in [6.45, 7) is 20.2. The van der Waals surface area contributed by atoms with Crippen LogP contribution in [0.4, 0.5) is 51.7 Å². The van der Waals surface area contributed by atoms with Crippen molar-refractivity contribution in [2.24, 2.45) is 14.1 Å². The zero-order valence-corrected chi connectivity index (χ0v) is 64.4. The predicted octanol–water partition coefficient (Wildman–Crippen LogP) is 11.3. The molecule has 0 aliphatic carbocycles. The van der Waals surface area contributed by atoms with E-state index >= 15 is 0 Å². The van der Waals surface area contributed by atoms with Crippen LogP contribution in [0, 0.1) is 0 Å². The van der Waals surface area contributed by atoms with Crippen molar-refractivity contribution in [1.29, 1.82) is 0 Å². The van der Waals surface area contributed by atoms with E-state index in [0.29, 0.717) is 94.1 Å². The Morgan fingerprint density at radius 1 is 0.515 bits per heavy atom. The summed E-state index contributed by atoms with van der Waals surface area (Å²) >= 11 is 12.8. The van der Waals surface area contributed by atoms with E-state index in [-0.39, 0.29) is 5.28 Å². The van der Waals surface area contributed by atoms with E-state index in [2.05, 4.69) is 155 Å². The molecular formula is C70H87Br2ClN22O4P2. The molecule has 10 aromatic rings. The number of hydrogen-bond donors (Lipinski definition) is 4. The number of aryl methyl sites for hydroxylation is 2. The topological polar surface area (TPSA) is 273 Å². The van der Waals surface area contributed by atoms with Crippen molar-refractivity contribution in [3.05, 3.63) is 125 Å². The van der Waals surface area contributed by atoms with Crippen molar-refractivity contribution < 1.29 is 18.6 Å². The van der Waals surface area contributed by atoms with Gasteiger partial charge < -0.3 is 59.9 Å². The second kappa shape index (κ2) is 31.8. The standard InChI is InChI=1S/C35H43BrN11O2P.C21H32N6O.C14H12BrClN5OP/c1-44-14-16-46(17-15-44)24-8-12-47(13-9-24)30-19-31(49-3)29(18-25(30)23-20-40-45(2)22-23)42-35-39-21-26(36)34(43-35)41-28-7-6-27-32(38-11-10-37-27)33(28)50(4,5)48;1-24-8-10-26(11-9-24)17-4-6-27(7-5-17)20-13-21(28-3)19(22)12-18(20)16-14-23-25(2)15-16;1-23(2,22)12-10(4-3-9-11(12)18-6-5-17-9)20-13-8(15)7-19-14(16)21-13/h6-7,10-11,18-22,24H,8-9,12-17H2,1-5H3,(H2,39,41,42,43);12-15,17H,4-11,22H2,1-3H3;3-7H,1-2H3,(H,19,20,21). The third-order valence-corrected chi connectivity index (χ3v) is 23.3. The molecule has 0 bridgehead atoms. The Bertz CT molecular complexity index is 4680. The smallest absolute Gasteiger partial charge is 0.229 e. The molecule has 0 saturated carbocycles. The van der Waals surface area contributed by atoms with Gasteiger partial charge in [0.25, 0.3) is 0 Å². The van der Waals surface area contributed by atoms with Crippen LogP contribution < -0.4 is 51.6 Å². The molecule has 0 amide bonds. The summed E-state index contributed by atoms with van der Waals surface area (Å²) in [6, 6.07) is 17.0. The number of nitrogens with two attached hydrogens (primary N) is 1. The molecule has 0 unspecified atom stereocenters. The molecule has 532 valence electrons. The van der Waals surface area contributed by atoms with Crippen molar-refractivity contribution >= 4 is 142 Å². The van der Waals surface area contributed by atoms with Crippen molar-refractivity contribution in [1.82, 2.24) is 79.0 Å². The number of rotatable bonds is 16. The number of methoxy groups -OCH3 is 2. The number of piperidine rings is 2.